The average Bonchev–Trinajstić information content (AvgIpc) is 3.22. The molecule has 0 atom stereocenters. The molecule has 33 heavy (non-hydrogen) atoms. The molecular formula is C26H29N3O3S. The van der Waals surface area contributed by atoms with Crippen LogP contribution in [0.1, 0.15) is 36.7 Å². The molecule has 0 amide bonds. The van der Waals surface area contributed by atoms with Crippen molar-refractivity contribution in [1.82, 2.24) is 14.8 Å². The fourth-order valence-corrected chi connectivity index (χ4v) is 5.53. The molecule has 7 heteroatoms. The third kappa shape index (κ3) is 3.94. The Balaban J connectivity index is 1.69. The summed E-state index contributed by atoms with van der Waals surface area (Å²) in [5.41, 5.74) is 3.18. The topological polar surface area (TPSA) is 69.8 Å². The largest absolute Gasteiger partial charge is 0.507 e. The third-order valence-corrected chi connectivity index (χ3v) is 7.57. The molecule has 2 aromatic heterocycles. The van der Waals surface area contributed by atoms with Crippen molar-refractivity contribution in [3.63, 3.8) is 0 Å². The Labute approximate surface area is 197 Å². The van der Waals surface area contributed by atoms with Gasteiger partial charge in [0.2, 0.25) is 5.43 Å². The zero-order chi connectivity index (χ0) is 23.3. The summed E-state index contributed by atoms with van der Waals surface area (Å²) in [5, 5.41) is 12.2. The van der Waals surface area contributed by atoms with Crippen LogP contribution in [0.3, 0.4) is 0 Å². The van der Waals surface area contributed by atoms with Crippen LogP contribution in [-0.2, 0) is 6.54 Å². The predicted molar refractivity (Wildman–Crippen MR) is 134 cm³/mol. The van der Waals surface area contributed by atoms with E-state index in [0.29, 0.717) is 39.4 Å². The smallest absolute Gasteiger partial charge is 0.203 e. The maximum Gasteiger partial charge on any atom is 0.203 e. The molecule has 4 aromatic rings. The van der Waals surface area contributed by atoms with E-state index < -0.39 is 0 Å². The van der Waals surface area contributed by atoms with Crippen LogP contribution in [-0.4, -0.2) is 53.1 Å². The fraction of sp³-hybridized carbons (Fsp3) is 0.385. The van der Waals surface area contributed by atoms with Crippen LogP contribution in [0.4, 0.5) is 0 Å². The number of phenolic OH excluding ortho intramolecular Hbond substituents is 1. The highest BCUT2D eigenvalue weighted by Gasteiger charge is 2.25. The van der Waals surface area contributed by atoms with Crippen molar-refractivity contribution in [2.75, 3.05) is 33.2 Å². The highest BCUT2D eigenvalue weighted by atomic mass is 32.1. The van der Waals surface area contributed by atoms with E-state index in [1.807, 2.05) is 51.1 Å². The second-order valence-electron chi connectivity index (χ2n) is 9.28. The summed E-state index contributed by atoms with van der Waals surface area (Å²) in [6.07, 6.45) is 0. The fourth-order valence-electron chi connectivity index (χ4n) is 4.52. The minimum Gasteiger partial charge on any atom is -0.507 e. The molecule has 3 heterocycles. The second kappa shape index (κ2) is 8.56. The molecule has 2 aromatic carbocycles. The SMILES string of the molecule is Cc1c(O)c(CN2CCN(C)CC2)cc2c(=O)c(-c3nc4ccccc4s3)c(C(C)C)oc12. The van der Waals surface area contributed by atoms with Gasteiger partial charge in [-0.3, -0.25) is 9.69 Å². The van der Waals surface area contributed by atoms with Gasteiger partial charge in [-0.2, -0.15) is 0 Å². The second-order valence-corrected chi connectivity index (χ2v) is 10.3. The van der Waals surface area contributed by atoms with Crippen molar-refractivity contribution < 1.29 is 9.52 Å². The standard InChI is InChI=1S/C26H29N3O3S/c1-15(2)24-21(26-27-19-7-5-6-8-20(19)33-26)23(31)18-13-17(22(30)16(3)25(18)32-24)14-29-11-9-28(4)10-12-29/h5-8,13,15,30H,9-12,14H2,1-4H3. The molecule has 1 aliphatic rings. The molecule has 1 N–H and O–H groups in total. The van der Waals surface area contributed by atoms with Crippen LogP contribution in [0, 0.1) is 6.92 Å². The number of likely N-dealkylation sites (N-methyl/N-ethyl adjacent to an activating group) is 1. The summed E-state index contributed by atoms with van der Waals surface area (Å²) >= 11 is 1.51. The summed E-state index contributed by atoms with van der Waals surface area (Å²) in [4.78, 5) is 23.3. The number of aromatic hydroxyl groups is 1. The lowest BCUT2D eigenvalue weighted by Gasteiger charge is -2.32. The summed E-state index contributed by atoms with van der Waals surface area (Å²) in [6.45, 7) is 10.3. The molecule has 1 fully saturated rings. The van der Waals surface area contributed by atoms with Crippen molar-refractivity contribution in [2.24, 2.45) is 0 Å². The van der Waals surface area contributed by atoms with E-state index in [4.69, 9.17) is 9.40 Å². The lowest BCUT2D eigenvalue weighted by atomic mass is 9.99. The highest BCUT2D eigenvalue weighted by Crippen LogP contribution is 2.37. The summed E-state index contributed by atoms with van der Waals surface area (Å²) < 4.78 is 7.38. The molecule has 1 aliphatic heterocycles. The van der Waals surface area contributed by atoms with Gasteiger partial charge in [0.05, 0.1) is 21.2 Å². The molecule has 5 rings (SSSR count). The van der Waals surface area contributed by atoms with Crippen LogP contribution in [0.25, 0.3) is 31.8 Å². The van der Waals surface area contributed by atoms with Crippen molar-refractivity contribution >= 4 is 32.5 Å². The van der Waals surface area contributed by atoms with Gasteiger partial charge in [0.1, 0.15) is 22.1 Å². The van der Waals surface area contributed by atoms with Gasteiger partial charge in [-0.25, -0.2) is 4.98 Å². The zero-order valence-electron chi connectivity index (χ0n) is 19.5. The molecule has 0 aliphatic carbocycles. The minimum atomic E-state index is -0.0817. The molecule has 0 saturated carbocycles. The summed E-state index contributed by atoms with van der Waals surface area (Å²) in [7, 11) is 2.12. The number of nitrogens with zero attached hydrogens (tertiary/aromatic N) is 3. The van der Waals surface area contributed by atoms with Crippen LogP contribution in [0.5, 0.6) is 5.75 Å². The number of hydrogen-bond donors (Lipinski definition) is 1. The van der Waals surface area contributed by atoms with Gasteiger partial charge in [-0.1, -0.05) is 26.0 Å². The Morgan fingerprint density at radius 3 is 2.61 bits per heavy atom. The molecule has 0 radical (unpaired) electrons. The zero-order valence-corrected chi connectivity index (χ0v) is 20.3. The number of phenols is 1. The first-order valence-corrected chi connectivity index (χ1v) is 12.2. The molecule has 0 spiro atoms. The Morgan fingerprint density at radius 2 is 1.91 bits per heavy atom. The van der Waals surface area contributed by atoms with Gasteiger partial charge >= 0.3 is 0 Å². The lowest BCUT2D eigenvalue weighted by Crippen LogP contribution is -2.43. The molecular weight excluding hydrogens is 434 g/mol. The van der Waals surface area contributed by atoms with Crippen molar-refractivity contribution in [3.8, 4) is 16.3 Å². The number of aromatic nitrogens is 1. The monoisotopic (exact) mass is 463 g/mol. The Bertz CT molecular complexity index is 1360. The minimum absolute atomic E-state index is 0.00401. The lowest BCUT2D eigenvalue weighted by molar-refractivity contribution is 0.147. The van der Waals surface area contributed by atoms with Gasteiger partial charge in [-0.05, 0) is 32.2 Å². The van der Waals surface area contributed by atoms with Crippen molar-refractivity contribution in [2.45, 2.75) is 33.2 Å². The number of piperazine rings is 1. The number of rotatable bonds is 4. The highest BCUT2D eigenvalue weighted by molar-refractivity contribution is 7.21. The van der Waals surface area contributed by atoms with Crippen LogP contribution < -0.4 is 5.43 Å². The molecule has 0 bridgehead atoms. The first-order valence-electron chi connectivity index (χ1n) is 11.4. The molecule has 6 nitrogen and oxygen atoms in total. The van der Waals surface area contributed by atoms with Crippen LogP contribution in [0.15, 0.2) is 39.5 Å². The Morgan fingerprint density at radius 1 is 1.18 bits per heavy atom. The maximum atomic E-state index is 13.9. The number of hydrogen-bond acceptors (Lipinski definition) is 7. The van der Waals surface area contributed by atoms with Crippen LogP contribution in [0.2, 0.25) is 0 Å². The van der Waals surface area contributed by atoms with E-state index >= 15 is 0 Å². The Kier molecular flexibility index (Phi) is 5.72. The summed E-state index contributed by atoms with van der Waals surface area (Å²) in [5.74, 6) is 0.823. The first kappa shape index (κ1) is 22.1. The van der Waals surface area contributed by atoms with Gasteiger partial charge in [0.25, 0.3) is 0 Å². The number of benzene rings is 2. The van der Waals surface area contributed by atoms with Gasteiger partial charge in [-0.15, -0.1) is 11.3 Å². The maximum absolute atomic E-state index is 13.9. The van der Waals surface area contributed by atoms with Gasteiger partial charge in [0.15, 0.2) is 0 Å². The van der Waals surface area contributed by atoms with E-state index in [9.17, 15) is 9.90 Å². The van der Waals surface area contributed by atoms with Gasteiger partial charge < -0.3 is 14.4 Å². The van der Waals surface area contributed by atoms with E-state index in [1.54, 1.807) is 0 Å². The predicted octanol–water partition coefficient (Wildman–Crippen LogP) is 4.95. The van der Waals surface area contributed by atoms with E-state index in [2.05, 4.69) is 16.8 Å². The molecule has 0 unspecified atom stereocenters. The van der Waals surface area contributed by atoms with E-state index in [1.165, 1.54) is 11.3 Å². The number of thiazole rings is 1. The number of aryl methyl sites for hydroxylation is 1. The van der Waals surface area contributed by atoms with Crippen molar-refractivity contribution in [3.05, 3.63) is 57.4 Å². The molecule has 172 valence electrons. The number of para-hydroxylation sites is 1. The summed E-state index contributed by atoms with van der Waals surface area (Å²) in [6, 6.07) is 9.73. The third-order valence-electron chi connectivity index (χ3n) is 6.52. The van der Waals surface area contributed by atoms with Gasteiger partial charge in [0, 0.05) is 49.8 Å². The molecule has 1 saturated heterocycles. The Hall–Kier alpha value is -2.74. The quantitative estimate of drug-likeness (QED) is 0.462. The van der Waals surface area contributed by atoms with Crippen LogP contribution >= 0.6 is 11.3 Å². The number of fused-ring (bicyclic) bond motifs is 2. The van der Waals surface area contributed by atoms with E-state index in [-0.39, 0.29) is 17.1 Å². The normalized spacial score (nSPS) is 15.8. The average molecular weight is 464 g/mol. The first-order chi connectivity index (χ1) is 15.8. The van der Waals surface area contributed by atoms with E-state index in [0.717, 1.165) is 42.0 Å². The van der Waals surface area contributed by atoms with Crippen molar-refractivity contribution in [1.29, 1.82) is 0 Å².